The molecule has 0 saturated carbocycles. The molecule has 2 unspecified atom stereocenters. The summed E-state index contributed by atoms with van der Waals surface area (Å²) in [6, 6.07) is 11.8. The van der Waals surface area contributed by atoms with Gasteiger partial charge in [0.15, 0.2) is 0 Å². The summed E-state index contributed by atoms with van der Waals surface area (Å²) in [6.07, 6.45) is 3.54. The number of carbonyl (C=O) groups excluding carboxylic acids is 1. The van der Waals surface area contributed by atoms with E-state index < -0.39 is 0 Å². The molecule has 2 aromatic rings. The van der Waals surface area contributed by atoms with E-state index in [0.29, 0.717) is 24.8 Å². The van der Waals surface area contributed by atoms with Crippen molar-refractivity contribution in [3.63, 3.8) is 0 Å². The lowest BCUT2D eigenvalue weighted by molar-refractivity contribution is -0.120. The van der Waals surface area contributed by atoms with Crippen LogP contribution >= 0.6 is 0 Å². The van der Waals surface area contributed by atoms with Gasteiger partial charge in [0, 0.05) is 50.4 Å². The number of piperidine rings is 1. The number of aryl methyl sites for hydroxylation is 1. The zero-order valence-electron chi connectivity index (χ0n) is 19.1. The molecule has 2 atom stereocenters. The van der Waals surface area contributed by atoms with Gasteiger partial charge in [0.05, 0.1) is 6.42 Å². The third-order valence-electron chi connectivity index (χ3n) is 7.18. The summed E-state index contributed by atoms with van der Waals surface area (Å²) in [4.78, 5) is 27.1. The molecule has 0 spiro atoms. The van der Waals surface area contributed by atoms with Crippen molar-refractivity contribution >= 4 is 5.91 Å². The van der Waals surface area contributed by atoms with Crippen molar-refractivity contribution in [2.75, 3.05) is 26.2 Å². The molecule has 32 heavy (non-hydrogen) atoms. The number of nitrogens with zero attached hydrogens (tertiary/aromatic N) is 2. The molecule has 3 aliphatic rings. The van der Waals surface area contributed by atoms with E-state index in [1.807, 2.05) is 22.8 Å². The van der Waals surface area contributed by atoms with Crippen molar-refractivity contribution in [2.45, 2.75) is 57.6 Å². The van der Waals surface area contributed by atoms with Crippen molar-refractivity contribution in [3.05, 3.63) is 63.6 Å². The van der Waals surface area contributed by atoms with Crippen LogP contribution in [0.4, 0.5) is 0 Å². The Morgan fingerprint density at radius 3 is 2.94 bits per heavy atom. The fourth-order valence-corrected chi connectivity index (χ4v) is 5.60. The minimum absolute atomic E-state index is 0.0658. The van der Waals surface area contributed by atoms with Crippen LogP contribution in [0.25, 0.3) is 0 Å². The van der Waals surface area contributed by atoms with Gasteiger partial charge in [-0.05, 0) is 62.3 Å². The normalized spacial score (nSPS) is 23.6. The van der Waals surface area contributed by atoms with Crippen molar-refractivity contribution in [1.82, 2.24) is 14.8 Å². The summed E-state index contributed by atoms with van der Waals surface area (Å²) in [5.74, 6) is 1.94. The monoisotopic (exact) mass is 435 g/mol. The molecule has 170 valence electrons. The van der Waals surface area contributed by atoms with Gasteiger partial charge in [-0.1, -0.05) is 18.2 Å². The minimum Gasteiger partial charge on any atom is -0.488 e. The molecular weight excluding hydrogens is 402 g/mol. The average Bonchev–Trinajstić information content (AvgIpc) is 2.74. The summed E-state index contributed by atoms with van der Waals surface area (Å²) < 4.78 is 8.01. The lowest BCUT2D eigenvalue weighted by atomic mass is 9.83. The van der Waals surface area contributed by atoms with Gasteiger partial charge in [0.1, 0.15) is 11.4 Å². The number of nitrogens with one attached hydrogen (secondary N) is 1. The summed E-state index contributed by atoms with van der Waals surface area (Å²) in [6.45, 7) is 8.50. The molecule has 2 bridgehead atoms. The Hall–Kier alpha value is -2.60. The maximum absolute atomic E-state index is 12.5. The summed E-state index contributed by atoms with van der Waals surface area (Å²) >= 11 is 0. The molecule has 1 amide bonds. The highest BCUT2D eigenvalue weighted by Gasteiger charge is 2.34. The topological polar surface area (TPSA) is 63.6 Å². The molecule has 1 aromatic carbocycles. The number of aromatic nitrogens is 1. The third kappa shape index (κ3) is 4.46. The Kier molecular flexibility index (Phi) is 5.58. The van der Waals surface area contributed by atoms with Gasteiger partial charge in [-0.15, -0.1) is 0 Å². The van der Waals surface area contributed by atoms with Crippen LogP contribution in [-0.2, 0) is 24.2 Å². The number of pyridine rings is 1. The van der Waals surface area contributed by atoms with Crippen molar-refractivity contribution in [1.29, 1.82) is 0 Å². The maximum atomic E-state index is 12.5. The van der Waals surface area contributed by atoms with E-state index in [-0.39, 0.29) is 17.1 Å². The number of hydrogen-bond donors (Lipinski definition) is 1. The van der Waals surface area contributed by atoms with E-state index in [1.165, 1.54) is 11.3 Å². The summed E-state index contributed by atoms with van der Waals surface area (Å²) in [7, 11) is 0. The second-order valence-electron chi connectivity index (χ2n) is 10.3. The maximum Gasteiger partial charge on any atom is 0.250 e. The van der Waals surface area contributed by atoms with Gasteiger partial charge in [-0.25, -0.2) is 0 Å². The van der Waals surface area contributed by atoms with Crippen LogP contribution < -0.4 is 15.6 Å². The van der Waals surface area contributed by atoms with Crippen LogP contribution in [0.1, 0.15) is 49.4 Å². The van der Waals surface area contributed by atoms with Crippen LogP contribution in [0, 0.1) is 5.92 Å². The van der Waals surface area contributed by atoms with Crippen LogP contribution in [0.3, 0.4) is 0 Å². The van der Waals surface area contributed by atoms with E-state index in [9.17, 15) is 9.59 Å². The highest BCUT2D eigenvalue weighted by Crippen LogP contribution is 2.35. The van der Waals surface area contributed by atoms with Crippen molar-refractivity contribution in [2.24, 2.45) is 5.92 Å². The van der Waals surface area contributed by atoms with Crippen molar-refractivity contribution < 1.29 is 9.53 Å². The zero-order valence-corrected chi connectivity index (χ0v) is 19.1. The van der Waals surface area contributed by atoms with Crippen molar-refractivity contribution in [3.8, 4) is 5.75 Å². The van der Waals surface area contributed by atoms with Crippen LogP contribution in [0.5, 0.6) is 5.75 Å². The van der Waals surface area contributed by atoms with Gasteiger partial charge < -0.3 is 19.5 Å². The van der Waals surface area contributed by atoms with Crippen LogP contribution in [-0.4, -0.2) is 47.2 Å². The molecule has 0 radical (unpaired) electrons. The van der Waals surface area contributed by atoms with Gasteiger partial charge in [0.2, 0.25) is 5.91 Å². The first-order chi connectivity index (χ1) is 15.4. The molecular formula is C26H33N3O3. The Labute approximate surface area is 189 Å². The lowest BCUT2D eigenvalue weighted by Gasteiger charge is -2.42. The number of carbonyl (C=O) groups is 1. The summed E-state index contributed by atoms with van der Waals surface area (Å²) in [5.41, 5.74) is 3.42. The minimum atomic E-state index is -0.114. The molecule has 1 aromatic heterocycles. The van der Waals surface area contributed by atoms with Gasteiger partial charge >= 0.3 is 0 Å². The average molecular weight is 436 g/mol. The zero-order chi connectivity index (χ0) is 22.3. The van der Waals surface area contributed by atoms with Crippen LogP contribution in [0.2, 0.25) is 0 Å². The SMILES string of the molecule is CC1(C)CCc2cc(CC(=O)NCCN3CC4CC(C3)c3cccc(=O)n3C4)ccc2O1. The number of hydrogen-bond acceptors (Lipinski definition) is 4. The van der Waals surface area contributed by atoms with Gasteiger partial charge in [-0.2, -0.15) is 0 Å². The van der Waals surface area contributed by atoms with Gasteiger partial charge in [-0.3, -0.25) is 9.59 Å². The predicted octanol–water partition coefficient (Wildman–Crippen LogP) is 2.73. The first-order valence-corrected chi connectivity index (χ1v) is 11.9. The molecule has 1 fully saturated rings. The lowest BCUT2D eigenvalue weighted by Crippen LogP contribution is -2.48. The molecule has 5 rings (SSSR count). The highest BCUT2D eigenvalue weighted by atomic mass is 16.5. The third-order valence-corrected chi connectivity index (χ3v) is 7.18. The number of likely N-dealkylation sites (tertiary alicyclic amines) is 1. The molecule has 1 N–H and O–H groups in total. The Morgan fingerprint density at radius 2 is 2.06 bits per heavy atom. The molecule has 3 aliphatic heterocycles. The van der Waals surface area contributed by atoms with E-state index in [2.05, 4.69) is 36.2 Å². The number of fused-ring (bicyclic) bond motifs is 5. The predicted molar refractivity (Wildman–Crippen MR) is 124 cm³/mol. The molecule has 0 aliphatic carbocycles. The van der Waals surface area contributed by atoms with E-state index in [4.69, 9.17) is 4.74 Å². The standard InChI is InChI=1S/C26H33N3O3/c1-26(2)9-8-20-12-18(6-7-23(20)32-26)14-24(30)27-10-11-28-15-19-13-21(17-28)22-4-3-5-25(31)29(22)16-19/h3-7,12,19,21H,8-11,13-17H2,1-2H3,(H,27,30). The molecule has 6 nitrogen and oxygen atoms in total. The Balaban J connectivity index is 1.12. The first-order valence-electron chi connectivity index (χ1n) is 11.9. The number of rotatable bonds is 5. The highest BCUT2D eigenvalue weighted by molar-refractivity contribution is 5.78. The van der Waals surface area contributed by atoms with E-state index in [0.717, 1.165) is 56.8 Å². The van der Waals surface area contributed by atoms with E-state index >= 15 is 0 Å². The van der Waals surface area contributed by atoms with Gasteiger partial charge in [0.25, 0.3) is 5.56 Å². The fraction of sp³-hybridized carbons (Fsp3) is 0.538. The molecule has 4 heterocycles. The number of ether oxygens (including phenoxy) is 1. The Bertz CT molecular complexity index is 1070. The summed E-state index contributed by atoms with van der Waals surface area (Å²) in [5, 5.41) is 3.10. The molecule has 6 heteroatoms. The first kappa shape index (κ1) is 21.3. The molecule has 1 saturated heterocycles. The largest absolute Gasteiger partial charge is 0.488 e. The second-order valence-corrected chi connectivity index (χ2v) is 10.3. The van der Waals surface area contributed by atoms with E-state index in [1.54, 1.807) is 6.07 Å². The number of benzene rings is 1. The smallest absolute Gasteiger partial charge is 0.250 e. The quantitative estimate of drug-likeness (QED) is 0.785. The second kappa shape index (κ2) is 8.39. The number of amides is 1. The Morgan fingerprint density at radius 1 is 1.19 bits per heavy atom. The van der Waals surface area contributed by atoms with Crippen LogP contribution in [0.15, 0.2) is 41.2 Å². The fourth-order valence-electron chi connectivity index (χ4n) is 5.60.